The first kappa shape index (κ1) is 20.6. The summed E-state index contributed by atoms with van der Waals surface area (Å²) >= 11 is 0. The van der Waals surface area contributed by atoms with Crippen molar-refractivity contribution < 1.29 is 19.3 Å². The van der Waals surface area contributed by atoms with Crippen LogP contribution in [0.2, 0.25) is 0 Å². The summed E-state index contributed by atoms with van der Waals surface area (Å²) < 4.78 is 17.8. The molecule has 7 heteroatoms. The summed E-state index contributed by atoms with van der Waals surface area (Å²) in [7, 11) is 0. The molecule has 0 atom stereocenters. The lowest BCUT2D eigenvalue weighted by atomic mass is 10.1. The third-order valence-electron chi connectivity index (χ3n) is 5.46. The average molecular weight is 442 g/mol. The van der Waals surface area contributed by atoms with Gasteiger partial charge in [0.25, 0.3) is 5.56 Å². The molecule has 1 aliphatic heterocycles. The van der Waals surface area contributed by atoms with Crippen LogP contribution in [0.15, 0.2) is 76.5 Å². The van der Waals surface area contributed by atoms with Crippen LogP contribution in [-0.2, 0) is 6.54 Å². The lowest BCUT2D eigenvalue weighted by molar-refractivity contribution is 0.174. The second kappa shape index (κ2) is 8.70. The molecule has 1 aromatic heterocycles. The van der Waals surface area contributed by atoms with Gasteiger partial charge >= 0.3 is 0 Å². The highest BCUT2D eigenvalue weighted by Crippen LogP contribution is 2.33. The van der Waals surface area contributed by atoms with Crippen molar-refractivity contribution in [1.29, 1.82) is 0 Å². The Morgan fingerprint density at radius 3 is 2.64 bits per heavy atom. The number of aromatic hydroxyl groups is 1. The lowest BCUT2D eigenvalue weighted by Gasteiger charge is -2.14. The zero-order chi connectivity index (χ0) is 22.8. The van der Waals surface area contributed by atoms with Crippen LogP contribution < -0.4 is 19.8 Å². The largest absolute Gasteiger partial charge is 0.494 e. The van der Waals surface area contributed by atoms with E-state index in [1.807, 2.05) is 49.4 Å². The van der Waals surface area contributed by atoms with Gasteiger partial charge in [-0.25, -0.2) is 0 Å². The summed E-state index contributed by atoms with van der Waals surface area (Å²) in [4.78, 5) is 17.8. The second-order valence-electron chi connectivity index (χ2n) is 7.52. The molecule has 3 aromatic carbocycles. The number of aliphatic imine (C=N–C) groups is 1. The van der Waals surface area contributed by atoms with Crippen LogP contribution in [0.1, 0.15) is 18.1 Å². The van der Waals surface area contributed by atoms with Gasteiger partial charge < -0.3 is 19.3 Å². The Bertz CT molecular complexity index is 1420. The highest BCUT2D eigenvalue weighted by atomic mass is 16.7. The molecule has 0 amide bonds. The van der Waals surface area contributed by atoms with E-state index in [4.69, 9.17) is 14.2 Å². The highest BCUT2D eigenvalue weighted by Gasteiger charge is 2.18. The van der Waals surface area contributed by atoms with Gasteiger partial charge in [-0.1, -0.05) is 36.4 Å². The van der Waals surface area contributed by atoms with Crippen molar-refractivity contribution in [3.8, 4) is 23.1 Å². The molecule has 2 heterocycles. The Hall–Kier alpha value is -4.26. The lowest BCUT2D eigenvalue weighted by Crippen LogP contribution is -2.22. The fourth-order valence-electron chi connectivity index (χ4n) is 3.88. The number of hydrogen-bond donors (Lipinski definition) is 1. The number of pyridine rings is 1. The standard InChI is InChI=1S/C26H22N2O5/c1-2-31-22-10-6-5-9-21(22)27-14-20-18-7-3-4-8-19(18)25(29)28(26(20)30)15-17-11-12-23-24(13-17)33-16-32-23/h3-14,30H,2,15-16H2,1H3. The van der Waals surface area contributed by atoms with Gasteiger partial charge in [0.05, 0.1) is 18.7 Å². The Morgan fingerprint density at radius 1 is 1.03 bits per heavy atom. The highest BCUT2D eigenvalue weighted by molar-refractivity contribution is 6.02. The minimum atomic E-state index is -0.285. The summed E-state index contributed by atoms with van der Waals surface area (Å²) in [5.74, 6) is 1.77. The SMILES string of the molecule is CCOc1ccccc1N=Cc1c(O)n(Cc2ccc3c(c2)OCO3)c(=O)c2ccccc12. The van der Waals surface area contributed by atoms with Gasteiger partial charge in [0.15, 0.2) is 11.5 Å². The number of rotatable bonds is 6. The van der Waals surface area contributed by atoms with E-state index in [0.29, 0.717) is 45.9 Å². The minimum absolute atomic E-state index is 0.158. The molecule has 0 bridgehead atoms. The van der Waals surface area contributed by atoms with Crippen molar-refractivity contribution in [3.63, 3.8) is 0 Å². The van der Waals surface area contributed by atoms with Crippen LogP contribution in [0.4, 0.5) is 5.69 Å². The predicted molar refractivity (Wildman–Crippen MR) is 126 cm³/mol. The van der Waals surface area contributed by atoms with Crippen molar-refractivity contribution in [2.75, 3.05) is 13.4 Å². The van der Waals surface area contributed by atoms with E-state index in [-0.39, 0.29) is 24.8 Å². The molecule has 1 N–H and O–H groups in total. The average Bonchev–Trinajstić information content (AvgIpc) is 3.31. The Balaban J connectivity index is 1.61. The van der Waals surface area contributed by atoms with E-state index in [2.05, 4.69) is 4.99 Å². The molecule has 0 saturated carbocycles. The molecule has 0 saturated heterocycles. The molecule has 7 nitrogen and oxygen atoms in total. The molecule has 33 heavy (non-hydrogen) atoms. The van der Waals surface area contributed by atoms with Crippen molar-refractivity contribution in [1.82, 2.24) is 4.57 Å². The number of benzene rings is 3. The molecule has 0 radical (unpaired) electrons. The monoisotopic (exact) mass is 442 g/mol. The molecule has 5 rings (SSSR count). The zero-order valence-corrected chi connectivity index (χ0v) is 18.0. The topological polar surface area (TPSA) is 82.3 Å². The summed E-state index contributed by atoms with van der Waals surface area (Å²) in [5, 5.41) is 12.3. The predicted octanol–water partition coefficient (Wildman–Crippen LogP) is 4.63. The smallest absolute Gasteiger partial charge is 0.261 e. The third-order valence-corrected chi connectivity index (χ3v) is 5.46. The summed E-state index contributed by atoms with van der Waals surface area (Å²) in [6, 6.07) is 20.1. The summed E-state index contributed by atoms with van der Waals surface area (Å²) in [6.45, 7) is 2.76. The van der Waals surface area contributed by atoms with Crippen LogP contribution in [0.3, 0.4) is 0 Å². The normalized spacial score (nSPS) is 12.5. The fraction of sp³-hybridized carbons (Fsp3) is 0.154. The van der Waals surface area contributed by atoms with Gasteiger partial charge in [0.1, 0.15) is 11.4 Å². The van der Waals surface area contributed by atoms with Crippen LogP contribution in [0.5, 0.6) is 23.1 Å². The number of aromatic nitrogens is 1. The van der Waals surface area contributed by atoms with E-state index >= 15 is 0 Å². The van der Waals surface area contributed by atoms with Crippen molar-refractivity contribution in [3.05, 3.63) is 88.2 Å². The van der Waals surface area contributed by atoms with Crippen LogP contribution in [-0.4, -0.2) is 29.3 Å². The quantitative estimate of drug-likeness (QED) is 0.440. The van der Waals surface area contributed by atoms with Gasteiger partial charge in [0, 0.05) is 17.0 Å². The third kappa shape index (κ3) is 3.89. The maximum absolute atomic E-state index is 13.2. The maximum Gasteiger partial charge on any atom is 0.261 e. The van der Waals surface area contributed by atoms with Gasteiger partial charge in [-0.2, -0.15) is 0 Å². The summed E-state index contributed by atoms with van der Waals surface area (Å²) in [6.07, 6.45) is 1.57. The molecule has 166 valence electrons. The molecular formula is C26H22N2O5. The first-order valence-corrected chi connectivity index (χ1v) is 10.6. The number of para-hydroxylation sites is 2. The first-order valence-electron chi connectivity index (χ1n) is 10.6. The Labute approximate surface area is 190 Å². The van der Waals surface area contributed by atoms with Crippen LogP contribution in [0.25, 0.3) is 10.8 Å². The number of fused-ring (bicyclic) bond motifs is 2. The Morgan fingerprint density at radius 2 is 1.79 bits per heavy atom. The van der Waals surface area contributed by atoms with E-state index < -0.39 is 0 Å². The van der Waals surface area contributed by atoms with Gasteiger partial charge in [-0.3, -0.25) is 14.4 Å². The molecule has 0 spiro atoms. The molecule has 0 unspecified atom stereocenters. The molecule has 1 aliphatic rings. The van der Waals surface area contributed by atoms with E-state index in [0.717, 1.165) is 5.56 Å². The number of nitrogens with zero attached hydrogens (tertiary/aromatic N) is 2. The van der Waals surface area contributed by atoms with Crippen molar-refractivity contribution in [2.24, 2.45) is 4.99 Å². The first-order chi connectivity index (χ1) is 16.2. The second-order valence-corrected chi connectivity index (χ2v) is 7.52. The van der Waals surface area contributed by atoms with Crippen LogP contribution >= 0.6 is 0 Å². The molecule has 4 aromatic rings. The number of hydrogen-bond acceptors (Lipinski definition) is 6. The van der Waals surface area contributed by atoms with E-state index in [9.17, 15) is 9.90 Å². The Kier molecular flexibility index (Phi) is 5.44. The van der Waals surface area contributed by atoms with Crippen LogP contribution in [0, 0.1) is 0 Å². The molecular weight excluding hydrogens is 420 g/mol. The van der Waals surface area contributed by atoms with Gasteiger partial charge in [-0.05, 0) is 42.8 Å². The van der Waals surface area contributed by atoms with Gasteiger partial charge in [0.2, 0.25) is 12.7 Å². The van der Waals surface area contributed by atoms with Crippen molar-refractivity contribution in [2.45, 2.75) is 13.5 Å². The summed E-state index contributed by atoms with van der Waals surface area (Å²) in [5.41, 5.74) is 1.61. The number of ether oxygens (including phenoxy) is 3. The van der Waals surface area contributed by atoms with Gasteiger partial charge in [-0.15, -0.1) is 0 Å². The zero-order valence-electron chi connectivity index (χ0n) is 18.0. The fourth-order valence-corrected chi connectivity index (χ4v) is 3.88. The van der Waals surface area contributed by atoms with Crippen molar-refractivity contribution >= 4 is 22.7 Å². The van der Waals surface area contributed by atoms with E-state index in [1.54, 1.807) is 30.5 Å². The molecule has 0 aliphatic carbocycles. The van der Waals surface area contributed by atoms with E-state index in [1.165, 1.54) is 4.57 Å². The minimum Gasteiger partial charge on any atom is -0.494 e. The maximum atomic E-state index is 13.2. The molecule has 0 fully saturated rings.